The molecule has 3 aromatic carbocycles. The van der Waals surface area contributed by atoms with E-state index >= 15 is 0 Å². The summed E-state index contributed by atoms with van der Waals surface area (Å²) < 4.78 is 13.0. The minimum atomic E-state index is -0.178. The molecule has 0 fully saturated rings. The smallest absolute Gasteiger partial charge is 0.319 e. The second-order valence-electron chi connectivity index (χ2n) is 9.10. The number of ether oxygens (including phenoxy) is 2. The van der Waals surface area contributed by atoms with Crippen LogP contribution in [-0.4, -0.2) is 42.1 Å². The molecule has 4 aromatic rings. The van der Waals surface area contributed by atoms with Gasteiger partial charge in [-0.1, -0.05) is 23.9 Å². The van der Waals surface area contributed by atoms with Crippen molar-refractivity contribution in [3.05, 3.63) is 78.4 Å². The third-order valence-electron chi connectivity index (χ3n) is 6.34. The number of rotatable bonds is 12. The van der Waals surface area contributed by atoms with Crippen LogP contribution in [0.3, 0.4) is 0 Å². The van der Waals surface area contributed by atoms with Crippen molar-refractivity contribution in [2.75, 3.05) is 31.8 Å². The van der Waals surface area contributed by atoms with Gasteiger partial charge in [0.05, 0.1) is 25.6 Å². The highest BCUT2D eigenvalue weighted by molar-refractivity contribution is 7.99. The zero-order chi connectivity index (χ0) is 27.6. The molecule has 0 aliphatic heterocycles. The molecule has 0 unspecified atom stereocenters. The Morgan fingerprint density at radius 1 is 0.923 bits per heavy atom. The average Bonchev–Trinajstić information content (AvgIpc) is 3.33. The third-order valence-corrected chi connectivity index (χ3v) is 7.40. The van der Waals surface area contributed by atoms with Crippen LogP contribution >= 0.6 is 11.8 Å². The third kappa shape index (κ3) is 7.35. The molecule has 0 aliphatic rings. The predicted molar refractivity (Wildman–Crippen MR) is 160 cm³/mol. The predicted octanol–water partition coefficient (Wildman–Crippen LogP) is 7.26. The average molecular weight is 545 g/mol. The van der Waals surface area contributed by atoms with E-state index in [1.807, 2.05) is 55.5 Å². The summed E-state index contributed by atoms with van der Waals surface area (Å²) in [5.41, 5.74) is 6.07. The van der Waals surface area contributed by atoms with Gasteiger partial charge in [-0.25, -0.2) is 9.78 Å². The van der Waals surface area contributed by atoms with Crippen LogP contribution in [0.4, 0.5) is 10.5 Å². The Morgan fingerprint density at radius 3 is 2.21 bits per heavy atom. The molecule has 4 rings (SSSR count). The number of aryl methyl sites for hydroxylation is 1. The van der Waals surface area contributed by atoms with Crippen molar-refractivity contribution in [1.29, 1.82) is 0 Å². The standard InChI is InChI=1S/C31H36N4O3S/c1-5-35-29(24-13-17-27(38-4)18-14-24)28(23-11-15-26(37-3)16-12-23)34-31(35)39-20-7-6-19-32-30(36)33-25-10-8-9-22(2)21-25/h8-18,21H,5-7,19-20H2,1-4H3,(H2,32,33,36). The Balaban J connectivity index is 1.42. The fourth-order valence-corrected chi connectivity index (χ4v) is 5.38. The van der Waals surface area contributed by atoms with Crippen LogP contribution in [-0.2, 0) is 6.54 Å². The van der Waals surface area contributed by atoms with Gasteiger partial charge in [-0.05, 0) is 92.9 Å². The molecule has 0 spiro atoms. The van der Waals surface area contributed by atoms with Crippen LogP contribution in [0.2, 0.25) is 0 Å². The fourth-order valence-electron chi connectivity index (χ4n) is 4.32. The Labute approximate surface area is 235 Å². The maximum absolute atomic E-state index is 12.2. The van der Waals surface area contributed by atoms with Crippen molar-refractivity contribution >= 4 is 23.5 Å². The summed E-state index contributed by atoms with van der Waals surface area (Å²) in [5.74, 6) is 2.54. The first kappa shape index (κ1) is 28.1. The number of methoxy groups -OCH3 is 2. The van der Waals surface area contributed by atoms with Crippen molar-refractivity contribution in [2.45, 2.75) is 38.4 Å². The van der Waals surface area contributed by atoms with Gasteiger partial charge in [0.25, 0.3) is 0 Å². The topological polar surface area (TPSA) is 77.4 Å². The minimum absolute atomic E-state index is 0.178. The van der Waals surface area contributed by atoms with Crippen molar-refractivity contribution < 1.29 is 14.3 Å². The van der Waals surface area contributed by atoms with E-state index in [0.29, 0.717) is 6.54 Å². The van der Waals surface area contributed by atoms with E-state index in [0.717, 1.165) is 75.6 Å². The number of aromatic nitrogens is 2. The minimum Gasteiger partial charge on any atom is -0.497 e. The van der Waals surface area contributed by atoms with Crippen LogP contribution in [0.5, 0.6) is 11.5 Å². The number of thioether (sulfide) groups is 1. The SMILES string of the molecule is CCn1c(SCCCCNC(=O)Nc2cccc(C)c2)nc(-c2ccc(OC)cc2)c1-c1ccc(OC)cc1. The second-order valence-corrected chi connectivity index (χ2v) is 10.2. The molecule has 7 nitrogen and oxygen atoms in total. The van der Waals surface area contributed by atoms with Gasteiger partial charge >= 0.3 is 6.03 Å². The number of unbranched alkanes of at least 4 members (excludes halogenated alkanes) is 1. The van der Waals surface area contributed by atoms with Crippen LogP contribution < -0.4 is 20.1 Å². The normalized spacial score (nSPS) is 10.8. The van der Waals surface area contributed by atoms with Crippen molar-refractivity contribution in [3.8, 4) is 34.0 Å². The fraction of sp³-hybridized carbons (Fsp3) is 0.290. The maximum Gasteiger partial charge on any atom is 0.319 e. The number of carbonyl (C=O) groups excluding carboxylic acids is 1. The number of nitrogens with one attached hydrogen (secondary N) is 2. The van der Waals surface area contributed by atoms with E-state index in [2.05, 4.69) is 46.4 Å². The largest absolute Gasteiger partial charge is 0.497 e. The zero-order valence-corrected chi connectivity index (χ0v) is 23.8. The number of amides is 2. The lowest BCUT2D eigenvalue weighted by molar-refractivity contribution is 0.252. The summed E-state index contributed by atoms with van der Waals surface area (Å²) in [7, 11) is 3.35. The van der Waals surface area contributed by atoms with E-state index in [9.17, 15) is 4.79 Å². The van der Waals surface area contributed by atoms with Gasteiger partial charge in [0.15, 0.2) is 5.16 Å². The molecule has 8 heteroatoms. The molecule has 0 radical (unpaired) electrons. The number of hydrogen-bond donors (Lipinski definition) is 2. The summed E-state index contributed by atoms with van der Waals surface area (Å²) in [6.45, 7) is 5.57. The molecular formula is C31H36N4O3S. The lowest BCUT2D eigenvalue weighted by Crippen LogP contribution is -2.29. The van der Waals surface area contributed by atoms with Crippen molar-refractivity contribution in [2.24, 2.45) is 0 Å². The van der Waals surface area contributed by atoms with Crippen LogP contribution in [0, 0.1) is 6.92 Å². The molecular weight excluding hydrogens is 508 g/mol. The Hall–Kier alpha value is -3.91. The first-order valence-electron chi connectivity index (χ1n) is 13.2. The van der Waals surface area contributed by atoms with Crippen LogP contribution in [0.25, 0.3) is 22.5 Å². The molecule has 0 saturated carbocycles. The molecule has 39 heavy (non-hydrogen) atoms. The number of urea groups is 1. The maximum atomic E-state index is 12.2. The monoisotopic (exact) mass is 544 g/mol. The summed E-state index contributed by atoms with van der Waals surface area (Å²) in [4.78, 5) is 17.3. The molecule has 2 N–H and O–H groups in total. The first-order valence-corrected chi connectivity index (χ1v) is 14.1. The molecule has 1 aromatic heterocycles. The summed E-state index contributed by atoms with van der Waals surface area (Å²) in [6.07, 6.45) is 1.85. The van der Waals surface area contributed by atoms with Gasteiger partial charge in [0.1, 0.15) is 11.5 Å². The molecule has 2 amide bonds. The van der Waals surface area contributed by atoms with Crippen LogP contribution in [0.1, 0.15) is 25.3 Å². The van der Waals surface area contributed by atoms with E-state index in [4.69, 9.17) is 14.5 Å². The van der Waals surface area contributed by atoms with Gasteiger partial charge in [0.2, 0.25) is 0 Å². The zero-order valence-electron chi connectivity index (χ0n) is 23.0. The lowest BCUT2D eigenvalue weighted by atomic mass is 10.0. The van der Waals surface area contributed by atoms with E-state index in [1.54, 1.807) is 26.0 Å². The first-order chi connectivity index (χ1) is 19.0. The van der Waals surface area contributed by atoms with Gasteiger partial charge in [0, 0.05) is 35.7 Å². The summed E-state index contributed by atoms with van der Waals surface area (Å²) in [5, 5.41) is 6.82. The number of anilines is 1. The van der Waals surface area contributed by atoms with Gasteiger partial charge in [-0.15, -0.1) is 0 Å². The van der Waals surface area contributed by atoms with Crippen molar-refractivity contribution in [3.63, 3.8) is 0 Å². The number of hydrogen-bond acceptors (Lipinski definition) is 5. The van der Waals surface area contributed by atoms with E-state index in [-0.39, 0.29) is 6.03 Å². The quantitative estimate of drug-likeness (QED) is 0.145. The van der Waals surface area contributed by atoms with E-state index < -0.39 is 0 Å². The lowest BCUT2D eigenvalue weighted by Gasteiger charge is -2.12. The molecule has 0 saturated heterocycles. The van der Waals surface area contributed by atoms with Crippen molar-refractivity contribution in [1.82, 2.24) is 14.9 Å². The summed E-state index contributed by atoms with van der Waals surface area (Å²) in [6, 6.07) is 23.8. The highest BCUT2D eigenvalue weighted by Crippen LogP contribution is 2.37. The molecule has 204 valence electrons. The van der Waals surface area contributed by atoms with Gasteiger partial charge in [-0.2, -0.15) is 0 Å². The molecule has 0 bridgehead atoms. The summed E-state index contributed by atoms with van der Waals surface area (Å²) >= 11 is 1.75. The van der Waals surface area contributed by atoms with Gasteiger partial charge < -0.3 is 24.7 Å². The second kappa shape index (κ2) is 13.8. The molecule has 0 aliphatic carbocycles. The molecule has 0 atom stereocenters. The molecule has 1 heterocycles. The Morgan fingerprint density at radius 2 is 1.59 bits per heavy atom. The number of nitrogens with zero attached hydrogens (tertiary/aromatic N) is 2. The Bertz CT molecular complexity index is 1370. The van der Waals surface area contributed by atoms with Crippen LogP contribution in [0.15, 0.2) is 78.0 Å². The number of benzene rings is 3. The van der Waals surface area contributed by atoms with Gasteiger partial charge in [-0.3, -0.25) is 0 Å². The highest BCUT2D eigenvalue weighted by atomic mass is 32.2. The Kier molecular flexibility index (Phi) is 9.91. The number of imidazole rings is 1. The van der Waals surface area contributed by atoms with E-state index in [1.165, 1.54) is 0 Å². The highest BCUT2D eigenvalue weighted by Gasteiger charge is 2.20. The number of carbonyl (C=O) groups is 1.